The maximum Gasteiger partial charge on any atom is 0.323 e. The summed E-state index contributed by atoms with van der Waals surface area (Å²) in [7, 11) is 0. The van der Waals surface area contributed by atoms with Crippen LogP contribution in [0.2, 0.25) is 0 Å². The Bertz CT molecular complexity index is 334. The largest absolute Gasteiger partial charge is 0.480 e. The van der Waals surface area contributed by atoms with Crippen molar-refractivity contribution in [2.45, 2.75) is 25.7 Å². The average Bonchev–Trinajstić information content (AvgIpc) is 2.36. The molecule has 0 saturated heterocycles. The Kier molecular flexibility index (Phi) is 5.75. The standard InChI is InChI=1S/C12H20N2O5/c13-5-8-1-3-9(4-2-8)12(19)14(6-10(15)16)7-11(17)18/h8-9H,1-7,13H2,(H,15,16)(H,17,18). The molecule has 0 aromatic heterocycles. The zero-order valence-electron chi connectivity index (χ0n) is 10.7. The lowest BCUT2D eigenvalue weighted by Crippen LogP contribution is -2.43. The molecule has 19 heavy (non-hydrogen) atoms. The number of aliphatic carboxylic acids is 2. The summed E-state index contributed by atoms with van der Waals surface area (Å²) in [4.78, 5) is 34.4. The van der Waals surface area contributed by atoms with Gasteiger partial charge in [0.15, 0.2) is 0 Å². The molecule has 0 radical (unpaired) electrons. The van der Waals surface area contributed by atoms with E-state index in [2.05, 4.69) is 0 Å². The number of carbonyl (C=O) groups is 3. The molecular weight excluding hydrogens is 252 g/mol. The Hall–Kier alpha value is -1.63. The quantitative estimate of drug-likeness (QED) is 0.613. The van der Waals surface area contributed by atoms with Gasteiger partial charge in [0.1, 0.15) is 13.1 Å². The molecule has 0 bridgehead atoms. The summed E-state index contributed by atoms with van der Waals surface area (Å²) < 4.78 is 0. The van der Waals surface area contributed by atoms with E-state index in [1.807, 2.05) is 0 Å². The summed E-state index contributed by atoms with van der Waals surface area (Å²) in [5, 5.41) is 17.4. The number of hydrogen-bond donors (Lipinski definition) is 3. The van der Waals surface area contributed by atoms with Gasteiger partial charge in [0, 0.05) is 5.92 Å². The molecule has 1 fully saturated rings. The van der Waals surface area contributed by atoms with Gasteiger partial charge in [-0.2, -0.15) is 0 Å². The number of carboxylic acid groups (broad SMARTS) is 2. The second-order valence-corrected chi connectivity index (χ2v) is 4.94. The van der Waals surface area contributed by atoms with Gasteiger partial charge in [-0.3, -0.25) is 14.4 Å². The van der Waals surface area contributed by atoms with Gasteiger partial charge in [-0.25, -0.2) is 0 Å². The molecule has 7 nitrogen and oxygen atoms in total. The maximum atomic E-state index is 12.1. The van der Waals surface area contributed by atoms with Crippen molar-refractivity contribution >= 4 is 17.8 Å². The summed E-state index contributed by atoms with van der Waals surface area (Å²) in [5.41, 5.74) is 5.57. The summed E-state index contributed by atoms with van der Waals surface area (Å²) in [6.45, 7) is -0.543. The molecule has 108 valence electrons. The first-order chi connectivity index (χ1) is 8.93. The lowest BCUT2D eigenvalue weighted by atomic mass is 9.81. The molecule has 4 N–H and O–H groups in total. The normalized spacial score (nSPS) is 22.8. The molecule has 0 aliphatic heterocycles. The van der Waals surface area contributed by atoms with Crippen LogP contribution >= 0.6 is 0 Å². The van der Waals surface area contributed by atoms with Crippen LogP contribution in [0.4, 0.5) is 0 Å². The molecule has 0 aromatic carbocycles. The highest BCUT2D eigenvalue weighted by Crippen LogP contribution is 2.29. The van der Waals surface area contributed by atoms with Crippen LogP contribution in [0, 0.1) is 11.8 Å². The van der Waals surface area contributed by atoms with E-state index in [9.17, 15) is 14.4 Å². The third kappa shape index (κ3) is 4.86. The van der Waals surface area contributed by atoms with E-state index in [4.69, 9.17) is 15.9 Å². The van der Waals surface area contributed by atoms with E-state index in [-0.39, 0.29) is 11.8 Å². The minimum absolute atomic E-state index is 0.276. The van der Waals surface area contributed by atoms with Crippen LogP contribution in [0.5, 0.6) is 0 Å². The van der Waals surface area contributed by atoms with E-state index in [1.165, 1.54) is 0 Å². The van der Waals surface area contributed by atoms with Crippen LogP contribution in [0.15, 0.2) is 0 Å². The molecule has 0 aromatic rings. The van der Waals surface area contributed by atoms with Crippen molar-refractivity contribution in [1.29, 1.82) is 0 Å². The monoisotopic (exact) mass is 272 g/mol. The Morgan fingerprint density at radius 3 is 1.84 bits per heavy atom. The number of hydrogen-bond acceptors (Lipinski definition) is 4. The number of carbonyl (C=O) groups excluding carboxylic acids is 1. The van der Waals surface area contributed by atoms with Gasteiger partial charge in [-0.15, -0.1) is 0 Å². The fourth-order valence-electron chi connectivity index (χ4n) is 2.44. The second kappa shape index (κ2) is 7.08. The number of rotatable bonds is 6. The minimum atomic E-state index is -1.20. The van der Waals surface area contributed by atoms with Crippen molar-refractivity contribution in [3.8, 4) is 0 Å². The van der Waals surface area contributed by atoms with Crippen molar-refractivity contribution in [1.82, 2.24) is 4.90 Å². The Balaban J connectivity index is 2.60. The van der Waals surface area contributed by atoms with E-state index in [1.54, 1.807) is 0 Å². The second-order valence-electron chi connectivity index (χ2n) is 4.94. The number of nitrogens with two attached hydrogens (primary N) is 1. The molecule has 1 rings (SSSR count). The fourth-order valence-corrected chi connectivity index (χ4v) is 2.44. The summed E-state index contributed by atoms with van der Waals surface area (Å²) in [6.07, 6.45) is 2.97. The lowest BCUT2D eigenvalue weighted by molar-refractivity contribution is -0.151. The van der Waals surface area contributed by atoms with E-state index in [0.717, 1.165) is 17.7 Å². The van der Waals surface area contributed by atoms with Gasteiger partial charge in [-0.1, -0.05) is 0 Å². The fraction of sp³-hybridized carbons (Fsp3) is 0.750. The van der Waals surface area contributed by atoms with Crippen LogP contribution in [-0.2, 0) is 14.4 Å². The van der Waals surface area contributed by atoms with E-state index < -0.39 is 25.0 Å². The minimum Gasteiger partial charge on any atom is -0.480 e. The first-order valence-electron chi connectivity index (χ1n) is 6.36. The predicted molar refractivity (Wildman–Crippen MR) is 66.4 cm³/mol. The van der Waals surface area contributed by atoms with Crippen molar-refractivity contribution < 1.29 is 24.6 Å². The Morgan fingerprint density at radius 2 is 1.47 bits per heavy atom. The summed E-state index contributed by atoms with van der Waals surface area (Å²) in [5.74, 6) is -2.64. The van der Waals surface area contributed by atoms with Crippen LogP contribution < -0.4 is 5.73 Å². The van der Waals surface area contributed by atoms with E-state index in [0.29, 0.717) is 25.3 Å². The molecule has 0 spiro atoms. The predicted octanol–water partition coefficient (Wildman–Crippen LogP) is -0.251. The van der Waals surface area contributed by atoms with Crippen molar-refractivity contribution in [2.24, 2.45) is 17.6 Å². The highest BCUT2D eigenvalue weighted by Gasteiger charge is 2.30. The molecule has 1 aliphatic rings. The number of amides is 1. The zero-order chi connectivity index (χ0) is 14.4. The number of carboxylic acids is 2. The molecule has 0 unspecified atom stereocenters. The van der Waals surface area contributed by atoms with Gasteiger partial charge in [0.05, 0.1) is 0 Å². The summed E-state index contributed by atoms with van der Waals surface area (Å²) >= 11 is 0. The molecule has 1 amide bonds. The van der Waals surface area contributed by atoms with Crippen molar-refractivity contribution in [2.75, 3.05) is 19.6 Å². The van der Waals surface area contributed by atoms with Gasteiger partial charge in [-0.05, 0) is 38.1 Å². The first-order valence-corrected chi connectivity index (χ1v) is 6.36. The smallest absolute Gasteiger partial charge is 0.323 e. The van der Waals surface area contributed by atoms with Crippen molar-refractivity contribution in [3.63, 3.8) is 0 Å². The topological polar surface area (TPSA) is 121 Å². The molecular formula is C12H20N2O5. The zero-order valence-corrected chi connectivity index (χ0v) is 10.7. The third-order valence-corrected chi connectivity index (χ3v) is 3.49. The third-order valence-electron chi connectivity index (χ3n) is 3.49. The van der Waals surface area contributed by atoms with Crippen LogP contribution in [0.1, 0.15) is 25.7 Å². The highest BCUT2D eigenvalue weighted by molar-refractivity contribution is 5.86. The Labute approximate surface area is 111 Å². The highest BCUT2D eigenvalue weighted by atomic mass is 16.4. The molecule has 0 atom stereocenters. The van der Waals surface area contributed by atoms with Gasteiger partial charge >= 0.3 is 11.9 Å². The first kappa shape index (κ1) is 15.4. The molecule has 0 heterocycles. The van der Waals surface area contributed by atoms with Gasteiger partial charge in [0.2, 0.25) is 5.91 Å². The van der Waals surface area contributed by atoms with E-state index >= 15 is 0 Å². The maximum absolute atomic E-state index is 12.1. The molecule has 1 aliphatic carbocycles. The SMILES string of the molecule is NCC1CCC(C(=O)N(CC(=O)O)CC(=O)O)CC1. The van der Waals surface area contributed by atoms with Crippen molar-refractivity contribution in [3.05, 3.63) is 0 Å². The van der Waals surface area contributed by atoms with Gasteiger partial charge in [0.25, 0.3) is 0 Å². The lowest BCUT2D eigenvalue weighted by Gasteiger charge is -2.30. The van der Waals surface area contributed by atoms with Crippen LogP contribution in [-0.4, -0.2) is 52.6 Å². The molecule has 1 saturated carbocycles. The van der Waals surface area contributed by atoms with Gasteiger partial charge < -0.3 is 20.8 Å². The van der Waals surface area contributed by atoms with Crippen LogP contribution in [0.25, 0.3) is 0 Å². The average molecular weight is 272 g/mol. The molecule has 7 heteroatoms. The Morgan fingerprint density at radius 1 is 1.00 bits per heavy atom. The summed E-state index contributed by atoms with van der Waals surface area (Å²) in [6, 6.07) is 0. The number of nitrogens with zero attached hydrogens (tertiary/aromatic N) is 1. The van der Waals surface area contributed by atoms with Crippen LogP contribution in [0.3, 0.4) is 0 Å².